The topological polar surface area (TPSA) is 49.9 Å². The number of benzene rings is 3. The van der Waals surface area contributed by atoms with Gasteiger partial charge in [-0.1, -0.05) is 42.5 Å². The molecule has 1 saturated heterocycles. The summed E-state index contributed by atoms with van der Waals surface area (Å²) < 4.78 is 19.8. The first-order chi connectivity index (χ1) is 15.6. The van der Waals surface area contributed by atoms with Gasteiger partial charge in [-0.15, -0.1) is 0 Å². The highest BCUT2D eigenvalue weighted by Crippen LogP contribution is 2.17. The molecule has 1 aliphatic heterocycles. The van der Waals surface area contributed by atoms with Gasteiger partial charge in [-0.3, -0.25) is 9.59 Å². The number of ether oxygens (including phenoxy) is 1. The summed E-state index contributed by atoms with van der Waals surface area (Å²) in [4.78, 5) is 29.0. The molecule has 0 saturated carbocycles. The number of carbonyl (C=O) groups excluding carboxylic acids is 2. The van der Waals surface area contributed by atoms with Crippen molar-refractivity contribution in [2.45, 2.75) is 13.0 Å². The highest BCUT2D eigenvalue weighted by Gasteiger charge is 2.24. The van der Waals surface area contributed by atoms with Crippen LogP contribution < -0.4 is 4.74 Å². The van der Waals surface area contributed by atoms with E-state index in [9.17, 15) is 14.0 Å². The van der Waals surface area contributed by atoms with Gasteiger partial charge in [0.25, 0.3) is 11.8 Å². The highest BCUT2D eigenvalue weighted by atomic mass is 19.1. The molecule has 3 aromatic rings. The second kappa shape index (κ2) is 10.1. The lowest BCUT2D eigenvalue weighted by Gasteiger charge is -2.22. The lowest BCUT2D eigenvalue weighted by Crippen LogP contribution is -2.37. The zero-order valence-electron chi connectivity index (χ0n) is 17.7. The van der Waals surface area contributed by atoms with Gasteiger partial charge < -0.3 is 14.5 Å². The summed E-state index contributed by atoms with van der Waals surface area (Å²) >= 11 is 0. The normalized spacial score (nSPS) is 14.0. The van der Waals surface area contributed by atoms with Gasteiger partial charge in [0, 0.05) is 31.7 Å². The van der Waals surface area contributed by atoms with Gasteiger partial charge in [-0.2, -0.15) is 0 Å². The minimum atomic E-state index is -0.524. The summed E-state index contributed by atoms with van der Waals surface area (Å²) in [7, 11) is 0. The standard InChI is InChI=1S/C26H25FN2O3/c27-24-10-5-4-9-23(24)26(31)29-16-6-15-28(17-18-29)25(30)21-11-13-22(14-12-21)32-19-20-7-2-1-3-8-20/h1-5,7-14H,6,15-19H2. The summed E-state index contributed by atoms with van der Waals surface area (Å²) in [6.45, 7) is 2.28. The average molecular weight is 432 g/mol. The molecule has 6 heteroatoms. The second-order valence-corrected chi connectivity index (χ2v) is 7.72. The van der Waals surface area contributed by atoms with Gasteiger partial charge >= 0.3 is 0 Å². The van der Waals surface area contributed by atoms with Crippen molar-refractivity contribution in [2.75, 3.05) is 26.2 Å². The van der Waals surface area contributed by atoms with E-state index in [4.69, 9.17) is 4.74 Å². The molecule has 1 heterocycles. The van der Waals surface area contributed by atoms with Gasteiger partial charge in [0.1, 0.15) is 18.2 Å². The first kappa shape index (κ1) is 21.6. The van der Waals surface area contributed by atoms with Crippen molar-refractivity contribution in [3.8, 4) is 5.75 Å². The van der Waals surface area contributed by atoms with Crippen LogP contribution in [-0.4, -0.2) is 47.8 Å². The van der Waals surface area contributed by atoms with Crippen LogP contribution in [0.1, 0.15) is 32.7 Å². The second-order valence-electron chi connectivity index (χ2n) is 7.72. The van der Waals surface area contributed by atoms with Crippen LogP contribution in [0, 0.1) is 5.82 Å². The van der Waals surface area contributed by atoms with E-state index in [-0.39, 0.29) is 17.4 Å². The first-order valence-corrected chi connectivity index (χ1v) is 10.7. The Bertz CT molecular complexity index is 1070. The summed E-state index contributed by atoms with van der Waals surface area (Å²) in [6.07, 6.45) is 0.643. The predicted molar refractivity (Wildman–Crippen MR) is 120 cm³/mol. The van der Waals surface area contributed by atoms with Crippen LogP contribution in [0.2, 0.25) is 0 Å². The van der Waals surface area contributed by atoms with Crippen LogP contribution >= 0.6 is 0 Å². The van der Waals surface area contributed by atoms with Crippen molar-refractivity contribution in [3.05, 3.63) is 101 Å². The molecule has 1 fully saturated rings. The number of hydrogen-bond acceptors (Lipinski definition) is 3. The summed E-state index contributed by atoms with van der Waals surface area (Å²) in [5, 5.41) is 0. The maximum absolute atomic E-state index is 14.0. The Morgan fingerprint density at radius 3 is 2.06 bits per heavy atom. The molecule has 5 nitrogen and oxygen atoms in total. The fourth-order valence-electron chi connectivity index (χ4n) is 3.75. The predicted octanol–water partition coefficient (Wildman–Crippen LogP) is 4.39. The molecular weight excluding hydrogens is 407 g/mol. The average Bonchev–Trinajstić information content (AvgIpc) is 3.10. The van der Waals surface area contributed by atoms with Gasteiger partial charge in [0.2, 0.25) is 0 Å². The van der Waals surface area contributed by atoms with E-state index in [2.05, 4.69) is 0 Å². The van der Waals surface area contributed by atoms with E-state index in [0.29, 0.717) is 50.5 Å². The van der Waals surface area contributed by atoms with E-state index in [0.717, 1.165) is 5.56 Å². The number of rotatable bonds is 5. The van der Waals surface area contributed by atoms with Crippen molar-refractivity contribution < 1.29 is 18.7 Å². The largest absolute Gasteiger partial charge is 0.489 e. The molecular formula is C26H25FN2O3. The third kappa shape index (κ3) is 5.14. The van der Waals surface area contributed by atoms with E-state index in [1.165, 1.54) is 12.1 Å². The lowest BCUT2D eigenvalue weighted by atomic mass is 10.2. The SMILES string of the molecule is O=C(c1ccc(OCc2ccccc2)cc1)N1CCCN(C(=O)c2ccccc2F)CC1. The van der Waals surface area contributed by atoms with Crippen molar-refractivity contribution >= 4 is 11.8 Å². The van der Waals surface area contributed by atoms with E-state index >= 15 is 0 Å². The number of amides is 2. The smallest absolute Gasteiger partial charge is 0.256 e. The number of carbonyl (C=O) groups is 2. The molecule has 0 atom stereocenters. The van der Waals surface area contributed by atoms with Crippen LogP contribution in [0.5, 0.6) is 5.75 Å². The van der Waals surface area contributed by atoms with E-state index in [1.54, 1.807) is 46.2 Å². The summed E-state index contributed by atoms with van der Waals surface area (Å²) in [6, 6.07) is 23.0. The Hall–Kier alpha value is -3.67. The zero-order chi connectivity index (χ0) is 22.3. The quantitative estimate of drug-likeness (QED) is 0.601. The fraction of sp³-hybridized carbons (Fsp3) is 0.231. The maximum atomic E-state index is 14.0. The van der Waals surface area contributed by atoms with Crippen molar-refractivity contribution in [1.82, 2.24) is 9.80 Å². The van der Waals surface area contributed by atoms with Crippen LogP contribution in [0.4, 0.5) is 4.39 Å². The number of nitrogens with zero attached hydrogens (tertiary/aromatic N) is 2. The molecule has 1 aliphatic rings. The van der Waals surface area contributed by atoms with Crippen molar-refractivity contribution in [1.29, 1.82) is 0 Å². The van der Waals surface area contributed by atoms with Gasteiger partial charge in [-0.25, -0.2) is 4.39 Å². The van der Waals surface area contributed by atoms with Crippen LogP contribution in [0.3, 0.4) is 0 Å². The maximum Gasteiger partial charge on any atom is 0.256 e. The van der Waals surface area contributed by atoms with Crippen molar-refractivity contribution in [3.63, 3.8) is 0 Å². The molecule has 0 unspecified atom stereocenters. The molecule has 0 spiro atoms. The number of halogens is 1. The van der Waals surface area contributed by atoms with Gasteiger partial charge in [0.05, 0.1) is 5.56 Å². The number of hydrogen-bond donors (Lipinski definition) is 0. The molecule has 0 bridgehead atoms. The molecule has 2 amide bonds. The molecule has 0 radical (unpaired) electrons. The molecule has 32 heavy (non-hydrogen) atoms. The minimum Gasteiger partial charge on any atom is -0.489 e. The van der Waals surface area contributed by atoms with Crippen LogP contribution in [0.15, 0.2) is 78.9 Å². The Balaban J connectivity index is 1.34. The monoisotopic (exact) mass is 432 g/mol. The van der Waals surface area contributed by atoms with Crippen LogP contribution in [-0.2, 0) is 6.61 Å². The Morgan fingerprint density at radius 1 is 0.750 bits per heavy atom. The minimum absolute atomic E-state index is 0.0679. The third-order valence-corrected chi connectivity index (χ3v) is 5.52. The van der Waals surface area contributed by atoms with Crippen molar-refractivity contribution in [2.24, 2.45) is 0 Å². The molecule has 0 N–H and O–H groups in total. The highest BCUT2D eigenvalue weighted by molar-refractivity contribution is 5.95. The van der Waals surface area contributed by atoms with E-state index in [1.807, 2.05) is 30.3 Å². The summed E-state index contributed by atoms with van der Waals surface area (Å²) in [5.41, 5.74) is 1.72. The van der Waals surface area contributed by atoms with Gasteiger partial charge in [-0.05, 0) is 48.4 Å². The fourth-order valence-corrected chi connectivity index (χ4v) is 3.75. The van der Waals surface area contributed by atoms with E-state index < -0.39 is 5.82 Å². The lowest BCUT2D eigenvalue weighted by molar-refractivity contribution is 0.0716. The molecule has 164 valence electrons. The molecule has 0 aromatic heterocycles. The Kier molecular flexibility index (Phi) is 6.80. The Labute approximate surface area is 187 Å². The zero-order valence-corrected chi connectivity index (χ0v) is 17.7. The molecule has 4 rings (SSSR count). The third-order valence-electron chi connectivity index (χ3n) is 5.52. The molecule has 3 aromatic carbocycles. The first-order valence-electron chi connectivity index (χ1n) is 10.7. The van der Waals surface area contributed by atoms with Gasteiger partial charge in [0.15, 0.2) is 0 Å². The van der Waals surface area contributed by atoms with Crippen LogP contribution in [0.25, 0.3) is 0 Å². The Morgan fingerprint density at radius 2 is 1.38 bits per heavy atom. The molecule has 0 aliphatic carbocycles. The summed E-state index contributed by atoms with van der Waals surface area (Å²) in [5.74, 6) is -0.246.